The Bertz CT molecular complexity index is 796. The molecule has 0 fully saturated rings. The van der Waals surface area contributed by atoms with Crippen LogP contribution >= 0.6 is 0 Å². The lowest BCUT2D eigenvalue weighted by Gasteiger charge is -2.37. The van der Waals surface area contributed by atoms with Gasteiger partial charge in [0.15, 0.2) is 0 Å². The van der Waals surface area contributed by atoms with Crippen LogP contribution in [-0.2, 0) is 38.0 Å². The minimum absolute atomic E-state index is 0.0361. The molecule has 0 aliphatic carbocycles. The van der Waals surface area contributed by atoms with Gasteiger partial charge in [-0.3, -0.25) is 9.59 Å². The minimum atomic E-state index is -0.626. The van der Waals surface area contributed by atoms with Crippen LogP contribution < -0.4 is 11.5 Å². The molecule has 256 valence electrons. The Morgan fingerprint density at radius 1 is 0.605 bits per heavy atom. The first-order chi connectivity index (χ1) is 19.6. The zero-order valence-corrected chi connectivity index (χ0v) is 29.4. The van der Waals surface area contributed by atoms with E-state index in [1.165, 1.54) is 0 Å². The van der Waals surface area contributed by atoms with Gasteiger partial charge >= 0.3 is 11.9 Å². The molecular formula is C33H66N2O8. The summed E-state index contributed by atoms with van der Waals surface area (Å²) in [6, 6.07) is 0. The molecule has 10 nitrogen and oxygen atoms in total. The number of nitrogens with two attached hydrogens (primary N) is 2. The van der Waals surface area contributed by atoms with E-state index in [1.807, 2.05) is 48.5 Å². The molecule has 0 amide bonds. The van der Waals surface area contributed by atoms with E-state index in [1.54, 1.807) is 0 Å². The van der Waals surface area contributed by atoms with Gasteiger partial charge in [-0.25, -0.2) is 0 Å². The fourth-order valence-corrected chi connectivity index (χ4v) is 4.89. The Labute approximate surface area is 262 Å². The maximum atomic E-state index is 12.1. The Morgan fingerprint density at radius 2 is 1.05 bits per heavy atom. The molecular weight excluding hydrogens is 552 g/mol. The van der Waals surface area contributed by atoms with E-state index in [9.17, 15) is 9.59 Å². The normalized spacial score (nSPS) is 14.1. The molecule has 0 rings (SSSR count). The highest BCUT2D eigenvalue weighted by atomic mass is 16.6. The number of rotatable bonds is 25. The monoisotopic (exact) mass is 618 g/mol. The molecule has 1 unspecified atom stereocenters. The molecule has 0 saturated carbocycles. The van der Waals surface area contributed by atoms with Crippen molar-refractivity contribution in [3.8, 4) is 0 Å². The number of hydrogen-bond acceptors (Lipinski definition) is 10. The summed E-state index contributed by atoms with van der Waals surface area (Å²) >= 11 is 0. The largest absolute Gasteiger partial charge is 0.466 e. The molecule has 0 heterocycles. The van der Waals surface area contributed by atoms with Crippen molar-refractivity contribution >= 4 is 11.9 Å². The van der Waals surface area contributed by atoms with Crippen LogP contribution in [0.25, 0.3) is 0 Å². The van der Waals surface area contributed by atoms with E-state index in [0.717, 1.165) is 12.8 Å². The Kier molecular flexibility index (Phi) is 18.7. The fourth-order valence-electron chi connectivity index (χ4n) is 4.89. The van der Waals surface area contributed by atoms with E-state index in [4.69, 9.17) is 39.9 Å². The van der Waals surface area contributed by atoms with Crippen molar-refractivity contribution in [2.75, 3.05) is 46.1 Å². The second-order valence-electron chi connectivity index (χ2n) is 14.9. The van der Waals surface area contributed by atoms with Gasteiger partial charge in [0.25, 0.3) is 0 Å². The summed E-state index contributed by atoms with van der Waals surface area (Å²) in [6.07, 6.45) is 3.91. The minimum Gasteiger partial charge on any atom is -0.466 e. The van der Waals surface area contributed by atoms with Crippen LogP contribution in [-0.4, -0.2) is 86.6 Å². The maximum absolute atomic E-state index is 12.1. The molecule has 0 aromatic rings. The molecule has 0 bridgehead atoms. The smallest absolute Gasteiger partial charge is 0.308 e. The first-order valence-electron chi connectivity index (χ1n) is 15.9. The number of carbonyl (C=O) groups is 2. The number of esters is 2. The van der Waals surface area contributed by atoms with E-state index >= 15 is 0 Å². The summed E-state index contributed by atoms with van der Waals surface area (Å²) in [4.78, 5) is 24.1. The molecule has 0 aliphatic rings. The summed E-state index contributed by atoms with van der Waals surface area (Å²) < 4.78 is 35.2. The zero-order valence-electron chi connectivity index (χ0n) is 29.4. The molecule has 10 heteroatoms. The number of ether oxygens (including phenoxy) is 6. The Hall–Kier alpha value is -1.30. The van der Waals surface area contributed by atoms with Crippen LogP contribution in [0.3, 0.4) is 0 Å². The van der Waals surface area contributed by atoms with Gasteiger partial charge in [0.1, 0.15) is 0 Å². The van der Waals surface area contributed by atoms with Gasteiger partial charge in [-0.15, -0.1) is 0 Å². The molecule has 43 heavy (non-hydrogen) atoms. The number of hydrogen-bond donors (Lipinski definition) is 2. The Morgan fingerprint density at radius 3 is 1.49 bits per heavy atom. The van der Waals surface area contributed by atoms with Crippen molar-refractivity contribution in [3.05, 3.63) is 0 Å². The third kappa shape index (κ3) is 22.8. The molecule has 0 radical (unpaired) electrons. The van der Waals surface area contributed by atoms with Gasteiger partial charge in [0, 0.05) is 6.61 Å². The van der Waals surface area contributed by atoms with Crippen molar-refractivity contribution in [1.82, 2.24) is 0 Å². The molecule has 0 aromatic carbocycles. The summed E-state index contributed by atoms with van der Waals surface area (Å²) in [5.74, 6) is -0.544. The van der Waals surface area contributed by atoms with Crippen molar-refractivity contribution in [2.45, 2.75) is 150 Å². The van der Waals surface area contributed by atoms with Crippen molar-refractivity contribution in [1.29, 1.82) is 0 Å². The third-order valence-electron chi connectivity index (χ3n) is 6.96. The highest BCUT2D eigenvalue weighted by Gasteiger charge is 2.32. The van der Waals surface area contributed by atoms with Gasteiger partial charge < -0.3 is 39.9 Å². The van der Waals surface area contributed by atoms with Crippen LogP contribution in [0.15, 0.2) is 0 Å². The van der Waals surface area contributed by atoms with Crippen LogP contribution in [0.1, 0.15) is 121 Å². The van der Waals surface area contributed by atoms with Crippen molar-refractivity contribution < 1.29 is 38.0 Å². The predicted molar refractivity (Wildman–Crippen MR) is 171 cm³/mol. The zero-order chi connectivity index (χ0) is 33.4. The second kappa shape index (κ2) is 19.3. The summed E-state index contributed by atoms with van der Waals surface area (Å²) in [6.45, 7) is 25.4. The van der Waals surface area contributed by atoms with Gasteiger partial charge in [0.2, 0.25) is 0 Å². The molecule has 0 aromatic heterocycles. The van der Waals surface area contributed by atoms with Crippen LogP contribution in [0, 0.1) is 5.41 Å². The van der Waals surface area contributed by atoms with Gasteiger partial charge in [-0.05, 0) is 113 Å². The average molecular weight is 619 g/mol. The van der Waals surface area contributed by atoms with E-state index in [0.29, 0.717) is 65.4 Å². The first kappa shape index (κ1) is 41.7. The average Bonchev–Trinajstić information content (AvgIpc) is 2.81. The standard InChI is InChI=1S/C33H66N2O8/c1-26(43-30(4,5)15-21-41-32(8,9)23-28(37)39-19-13-17-35)24-42-33(10,11)25-29(2,3)14-20-40-31(6,7)22-27(36)38-18-12-16-34/h26H,12-25,34-35H2,1-11H3. The SMILES string of the molecule is CC(COC(C)(C)CC(C)(C)CCOC(C)(C)CC(=O)OCCCN)OC(C)(C)CCOC(C)(C)CC(=O)OCCCN. The lowest BCUT2D eigenvalue weighted by molar-refractivity contribution is -0.155. The van der Waals surface area contributed by atoms with Crippen molar-refractivity contribution in [2.24, 2.45) is 16.9 Å². The molecule has 1 atom stereocenters. The van der Waals surface area contributed by atoms with Crippen molar-refractivity contribution in [3.63, 3.8) is 0 Å². The van der Waals surface area contributed by atoms with Gasteiger partial charge in [-0.2, -0.15) is 0 Å². The molecule has 4 N–H and O–H groups in total. The highest BCUT2D eigenvalue weighted by Crippen LogP contribution is 2.34. The highest BCUT2D eigenvalue weighted by molar-refractivity contribution is 5.70. The first-order valence-corrected chi connectivity index (χ1v) is 15.9. The van der Waals surface area contributed by atoms with Crippen LogP contribution in [0.2, 0.25) is 0 Å². The summed E-state index contributed by atoms with van der Waals surface area (Å²) in [5, 5.41) is 0. The van der Waals surface area contributed by atoms with E-state index < -0.39 is 16.8 Å². The van der Waals surface area contributed by atoms with Crippen LogP contribution in [0.4, 0.5) is 0 Å². The summed E-state index contributed by atoms with van der Waals surface area (Å²) in [5.41, 5.74) is 8.85. The van der Waals surface area contributed by atoms with E-state index in [-0.39, 0.29) is 41.9 Å². The topological polar surface area (TPSA) is 142 Å². The fraction of sp³-hybridized carbons (Fsp3) is 0.939. The maximum Gasteiger partial charge on any atom is 0.308 e. The van der Waals surface area contributed by atoms with E-state index in [2.05, 4.69) is 27.7 Å². The van der Waals surface area contributed by atoms with Gasteiger partial charge in [0.05, 0.1) is 67.8 Å². The molecule has 0 aliphatic heterocycles. The quantitative estimate of drug-likeness (QED) is 0.102. The predicted octanol–water partition coefficient (Wildman–Crippen LogP) is 5.32. The Balaban J connectivity index is 4.55. The number of carbonyl (C=O) groups excluding carboxylic acids is 2. The summed E-state index contributed by atoms with van der Waals surface area (Å²) in [7, 11) is 0. The third-order valence-corrected chi connectivity index (χ3v) is 6.96. The lowest BCUT2D eigenvalue weighted by Crippen LogP contribution is -2.38. The molecule has 0 saturated heterocycles. The lowest BCUT2D eigenvalue weighted by atomic mass is 9.79. The second-order valence-corrected chi connectivity index (χ2v) is 14.9. The molecule has 0 spiro atoms. The van der Waals surface area contributed by atoms with Crippen LogP contribution in [0.5, 0.6) is 0 Å². The van der Waals surface area contributed by atoms with Gasteiger partial charge in [-0.1, -0.05) is 13.8 Å².